The van der Waals surface area contributed by atoms with Gasteiger partial charge < -0.3 is 19.7 Å². The Morgan fingerprint density at radius 2 is 1.57 bits per heavy atom. The van der Waals surface area contributed by atoms with Crippen LogP contribution in [0.3, 0.4) is 0 Å². The van der Waals surface area contributed by atoms with Crippen molar-refractivity contribution in [3.8, 4) is 5.75 Å². The third-order valence-electron chi connectivity index (χ3n) is 3.82. The first-order valence-corrected chi connectivity index (χ1v) is 9.02. The molecule has 2 aromatic carbocycles. The molecule has 2 amide bonds. The van der Waals surface area contributed by atoms with Gasteiger partial charge in [-0.3, -0.25) is 9.59 Å². The Bertz CT molecular complexity index is 816. The van der Waals surface area contributed by atoms with Gasteiger partial charge in [-0.1, -0.05) is 0 Å². The number of nitrogens with one attached hydrogen (secondary N) is 1. The van der Waals surface area contributed by atoms with Crippen molar-refractivity contribution >= 4 is 29.2 Å². The molecule has 2 aromatic rings. The second kappa shape index (κ2) is 10.1. The number of amides is 2. The summed E-state index contributed by atoms with van der Waals surface area (Å²) in [7, 11) is 0. The number of nitrogens with zero attached hydrogens (tertiary/aromatic N) is 1. The quantitative estimate of drug-likeness (QED) is 0.706. The Labute approximate surface area is 164 Å². The number of carbonyl (C=O) groups excluding carboxylic acids is 3. The zero-order valence-corrected chi connectivity index (χ0v) is 16.2. The number of hydrogen-bond acceptors (Lipinski definition) is 5. The van der Waals surface area contributed by atoms with Crippen molar-refractivity contribution in [3.05, 3.63) is 54.1 Å². The lowest BCUT2D eigenvalue weighted by Crippen LogP contribution is -2.36. The maximum absolute atomic E-state index is 12.4. The topological polar surface area (TPSA) is 84.9 Å². The van der Waals surface area contributed by atoms with Gasteiger partial charge >= 0.3 is 5.97 Å². The summed E-state index contributed by atoms with van der Waals surface area (Å²) in [5.74, 6) is -0.344. The molecule has 0 aliphatic heterocycles. The third-order valence-corrected chi connectivity index (χ3v) is 3.82. The van der Waals surface area contributed by atoms with Crippen LogP contribution in [-0.4, -0.2) is 37.5 Å². The van der Waals surface area contributed by atoms with E-state index in [1.54, 1.807) is 55.5 Å². The monoisotopic (exact) mass is 384 g/mol. The lowest BCUT2D eigenvalue weighted by atomic mass is 10.2. The molecule has 0 radical (unpaired) electrons. The van der Waals surface area contributed by atoms with Crippen LogP contribution in [0.1, 0.15) is 31.1 Å². The van der Waals surface area contributed by atoms with Gasteiger partial charge in [0.25, 0.3) is 0 Å². The van der Waals surface area contributed by atoms with Crippen LogP contribution in [0, 0.1) is 0 Å². The fourth-order valence-electron chi connectivity index (χ4n) is 2.52. The molecule has 0 saturated heterocycles. The molecule has 0 aromatic heterocycles. The van der Waals surface area contributed by atoms with Crippen molar-refractivity contribution in [2.24, 2.45) is 0 Å². The van der Waals surface area contributed by atoms with Crippen molar-refractivity contribution in [2.45, 2.75) is 20.8 Å². The normalized spacial score (nSPS) is 10.1. The Hall–Kier alpha value is -3.35. The number of carbonyl (C=O) groups is 3. The van der Waals surface area contributed by atoms with Gasteiger partial charge in [0.1, 0.15) is 12.3 Å². The summed E-state index contributed by atoms with van der Waals surface area (Å²) in [5, 5.41) is 2.75. The maximum Gasteiger partial charge on any atom is 0.338 e. The summed E-state index contributed by atoms with van der Waals surface area (Å²) in [6.45, 7) is 5.70. The van der Waals surface area contributed by atoms with Crippen molar-refractivity contribution in [1.29, 1.82) is 0 Å². The Morgan fingerprint density at radius 1 is 0.929 bits per heavy atom. The minimum Gasteiger partial charge on any atom is -0.494 e. The maximum atomic E-state index is 12.4. The van der Waals surface area contributed by atoms with E-state index in [1.165, 1.54) is 11.8 Å². The molecular formula is C21H24N2O5. The van der Waals surface area contributed by atoms with Crippen LogP contribution in [0.15, 0.2) is 48.5 Å². The van der Waals surface area contributed by atoms with Gasteiger partial charge in [0.05, 0.1) is 18.8 Å². The van der Waals surface area contributed by atoms with Crippen LogP contribution in [0.25, 0.3) is 0 Å². The number of benzene rings is 2. The highest BCUT2D eigenvalue weighted by Gasteiger charge is 2.17. The minimum atomic E-state index is -0.434. The lowest BCUT2D eigenvalue weighted by molar-refractivity contribution is -0.120. The Kier molecular flexibility index (Phi) is 7.56. The molecule has 0 heterocycles. The molecule has 2 rings (SSSR count). The molecule has 0 aliphatic carbocycles. The summed E-state index contributed by atoms with van der Waals surface area (Å²) >= 11 is 0. The van der Waals surface area contributed by atoms with E-state index in [2.05, 4.69) is 5.32 Å². The first-order chi connectivity index (χ1) is 13.4. The van der Waals surface area contributed by atoms with E-state index in [9.17, 15) is 14.4 Å². The van der Waals surface area contributed by atoms with E-state index in [1.807, 2.05) is 6.92 Å². The van der Waals surface area contributed by atoms with Crippen molar-refractivity contribution in [3.63, 3.8) is 0 Å². The molecule has 28 heavy (non-hydrogen) atoms. The van der Waals surface area contributed by atoms with Crippen molar-refractivity contribution in [1.82, 2.24) is 0 Å². The van der Waals surface area contributed by atoms with Crippen LogP contribution in [0.5, 0.6) is 5.75 Å². The molecule has 0 fully saturated rings. The molecule has 1 N–H and O–H groups in total. The highest BCUT2D eigenvalue weighted by molar-refractivity contribution is 6.02. The SMILES string of the molecule is CCOC(=O)c1ccc(N(CC(=O)Nc2ccc(OCC)cc2)C(C)=O)cc1. The van der Waals surface area contributed by atoms with Gasteiger partial charge in [0.15, 0.2) is 0 Å². The number of hydrogen-bond donors (Lipinski definition) is 1. The minimum absolute atomic E-state index is 0.151. The van der Waals surface area contributed by atoms with E-state index < -0.39 is 5.97 Å². The molecule has 0 bridgehead atoms. The van der Waals surface area contributed by atoms with Gasteiger partial charge in [-0.2, -0.15) is 0 Å². The molecule has 0 spiro atoms. The van der Waals surface area contributed by atoms with Gasteiger partial charge in [0, 0.05) is 18.3 Å². The predicted octanol–water partition coefficient (Wildman–Crippen LogP) is 3.25. The number of esters is 1. The fourth-order valence-corrected chi connectivity index (χ4v) is 2.52. The Morgan fingerprint density at radius 3 is 2.11 bits per heavy atom. The van der Waals surface area contributed by atoms with Gasteiger partial charge in [-0.05, 0) is 62.4 Å². The molecular weight excluding hydrogens is 360 g/mol. The molecule has 0 aliphatic rings. The van der Waals surface area contributed by atoms with Gasteiger partial charge in [-0.25, -0.2) is 4.79 Å². The van der Waals surface area contributed by atoms with Crippen LogP contribution in [0.4, 0.5) is 11.4 Å². The van der Waals surface area contributed by atoms with Crippen LogP contribution < -0.4 is 15.0 Å². The lowest BCUT2D eigenvalue weighted by Gasteiger charge is -2.21. The highest BCUT2D eigenvalue weighted by atomic mass is 16.5. The van der Waals surface area contributed by atoms with Gasteiger partial charge in [0.2, 0.25) is 11.8 Å². The summed E-state index contributed by atoms with van der Waals surface area (Å²) in [5.41, 5.74) is 1.50. The van der Waals surface area contributed by atoms with E-state index in [0.717, 1.165) is 0 Å². The summed E-state index contributed by atoms with van der Waals surface area (Å²) in [4.78, 5) is 37.4. The standard InChI is InChI=1S/C21H24N2O5/c1-4-27-19-12-8-17(9-13-19)22-20(25)14-23(15(3)24)18-10-6-16(7-11-18)21(26)28-5-2/h6-13H,4-5,14H2,1-3H3,(H,22,25). The number of rotatable bonds is 8. The highest BCUT2D eigenvalue weighted by Crippen LogP contribution is 2.18. The summed E-state index contributed by atoms with van der Waals surface area (Å²) in [6.07, 6.45) is 0. The zero-order valence-electron chi connectivity index (χ0n) is 16.2. The van der Waals surface area contributed by atoms with Crippen molar-refractivity contribution in [2.75, 3.05) is 30.0 Å². The van der Waals surface area contributed by atoms with Crippen molar-refractivity contribution < 1.29 is 23.9 Å². The van der Waals surface area contributed by atoms with Gasteiger partial charge in [-0.15, -0.1) is 0 Å². The first-order valence-electron chi connectivity index (χ1n) is 9.02. The van der Waals surface area contributed by atoms with Crippen LogP contribution >= 0.6 is 0 Å². The van der Waals surface area contributed by atoms with E-state index >= 15 is 0 Å². The third kappa shape index (κ3) is 5.84. The number of anilines is 2. The van der Waals surface area contributed by atoms with Crippen LogP contribution in [0.2, 0.25) is 0 Å². The fraction of sp³-hybridized carbons (Fsp3) is 0.286. The average molecular weight is 384 g/mol. The second-order valence-corrected chi connectivity index (χ2v) is 5.88. The molecule has 7 heteroatoms. The predicted molar refractivity (Wildman–Crippen MR) is 107 cm³/mol. The van der Waals surface area contributed by atoms with Crippen LogP contribution in [-0.2, 0) is 14.3 Å². The smallest absolute Gasteiger partial charge is 0.338 e. The van der Waals surface area contributed by atoms with E-state index in [4.69, 9.17) is 9.47 Å². The summed E-state index contributed by atoms with van der Waals surface area (Å²) < 4.78 is 10.3. The molecule has 7 nitrogen and oxygen atoms in total. The largest absolute Gasteiger partial charge is 0.494 e. The molecule has 0 unspecified atom stereocenters. The Balaban J connectivity index is 2.04. The number of ether oxygens (including phenoxy) is 2. The molecule has 0 atom stereocenters. The average Bonchev–Trinajstić information content (AvgIpc) is 2.68. The first kappa shape index (κ1) is 21.0. The van der Waals surface area contributed by atoms with E-state index in [-0.39, 0.29) is 25.0 Å². The molecule has 148 valence electrons. The zero-order chi connectivity index (χ0) is 20.5. The summed E-state index contributed by atoms with van der Waals surface area (Å²) in [6, 6.07) is 13.3. The molecule has 0 saturated carbocycles. The van der Waals surface area contributed by atoms with E-state index in [0.29, 0.717) is 29.3 Å². The second-order valence-electron chi connectivity index (χ2n) is 5.88.